The van der Waals surface area contributed by atoms with E-state index in [0.29, 0.717) is 50.0 Å². The molecule has 0 aromatic carbocycles. The molecule has 3 unspecified atom stereocenters. The molecule has 41 heavy (non-hydrogen) atoms. The average molecular weight is 586 g/mol. The summed E-state index contributed by atoms with van der Waals surface area (Å²) in [7, 11) is -1.16. The van der Waals surface area contributed by atoms with Gasteiger partial charge in [0.2, 0.25) is 0 Å². The van der Waals surface area contributed by atoms with Gasteiger partial charge in [-0.1, -0.05) is 33.5 Å². The summed E-state index contributed by atoms with van der Waals surface area (Å²) in [5.41, 5.74) is 1.76. The number of rotatable bonds is 10. The van der Waals surface area contributed by atoms with Gasteiger partial charge >= 0.3 is 6.09 Å². The third-order valence-electron chi connectivity index (χ3n) is 6.97. The maximum atomic E-state index is 12.5. The summed E-state index contributed by atoms with van der Waals surface area (Å²) in [6.45, 7) is 17.9. The Labute approximate surface area is 244 Å². The normalized spacial score (nSPS) is 20.1. The third kappa shape index (κ3) is 8.83. The predicted octanol–water partition coefficient (Wildman–Crippen LogP) is 5.18. The number of amides is 1. The number of imidazole rings is 1. The number of hydrogen-bond acceptors (Lipinski definition) is 8. The summed E-state index contributed by atoms with van der Waals surface area (Å²) >= 11 is 0. The summed E-state index contributed by atoms with van der Waals surface area (Å²) < 4.78 is 15.2. The van der Waals surface area contributed by atoms with Crippen molar-refractivity contribution in [3.63, 3.8) is 0 Å². The Balaban J connectivity index is 1.58. The van der Waals surface area contributed by atoms with Crippen molar-refractivity contribution in [2.45, 2.75) is 117 Å². The minimum absolute atomic E-state index is 0.0574. The Morgan fingerprint density at radius 3 is 2.63 bits per heavy atom. The zero-order valence-corrected chi connectivity index (χ0v) is 26.8. The number of carbonyl (C=O) groups excluding carboxylic acids is 1. The molecule has 3 atom stereocenters. The van der Waals surface area contributed by atoms with Gasteiger partial charge in [0.25, 0.3) is 0 Å². The van der Waals surface area contributed by atoms with Gasteiger partial charge in [-0.2, -0.15) is 0 Å². The number of pyridine rings is 1. The van der Waals surface area contributed by atoms with Crippen LogP contribution in [0.25, 0.3) is 22.6 Å². The SMILES string of the molecule is CC(C)Cc1nc2cnc(-c3ncn(COCC[Si](C)(C)C)n3)cc2n1C1CC(O)CC(NC(=O)OC(C)(C)C)C1. The second kappa shape index (κ2) is 12.6. The molecule has 0 saturated heterocycles. The lowest BCUT2D eigenvalue weighted by Crippen LogP contribution is -2.45. The van der Waals surface area contributed by atoms with E-state index in [-0.39, 0.29) is 12.1 Å². The number of hydrogen-bond donors (Lipinski definition) is 2. The van der Waals surface area contributed by atoms with Crippen LogP contribution >= 0.6 is 0 Å². The van der Waals surface area contributed by atoms with E-state index < -0.39 is 25.9 Å². The van der Waals surface area contributed by atoms with Crippen molar-refractivity contribution in [1.82, 2.24) is 34.6 Å². The number of ether oxygens (including phenoxy) is 2. The molecule has 0 bridgehead atoms. The number of fused-ring (bicyclic) bond motifs is 1. The third-order valence-corrected chi connectivity index (χ3v) is 8.67. The van der Waals surface area contributed by atoms with E-state index in [1.807, 2.05) is 26.8 Å². The van der Waals surface area contributed by atoms with E-state index >= 15 is 0 Å². The molecule has 0 radical (unpaired) electrons. The van der Waals surface area contributed by atoms with Crippen LogP contribution in [0.3, 0.4) is 0 Å². The average Bonchev–Trinajstić information content (AvgIpc) is 3.43. The summed E-state index contributed by atoms with van der Waals surface area (Å²) in [6.07, 6.45) is 4.91. The Morgan fingerprint density at radius 2 is 1.95 bits per heavy atom. The highest BCUT2D eigenvalue weighted by atomic mass is 28.3. The number of aliphatic hydroxyl groups is 1. The van der Waals surface area contributed by atoms with Gasteiger partial charge in [-0.15, -0.1) is 5.10 Å². The number of nitrogens with one attached hydrogen (secondary N) is 1. The molecule has 226 valence electrons. The van der Waals surface area contributed by atoms with E-state index in [1.54, 1.807) is 17.2 Å². The maximum Gasteiger partial charge on any atom is 0.407 e. The van der Waals surface area contributed by atoms with Crippen molar-refractivity contribution in [3.05, 3.63) is 24.4 Å². The highest BCUT2D eigenvalue weighted by Crippen LogP contribution is 2.34. The van der Waals surface area contributed by atoms with Crippen LogP contribution in [-0.2, 0) is 22.6 Å². The van der Waals surface area contributed by atoms with Crippen LogP contribution in [0.2, 0.25) is 25.7 Å². The largest absolute Gasteiger partial charge is 0.444 e. The molecule has 11 nitrogen and oxygen atoms in total. The summed E-state index contributed by atoms with van der Waals surface area (Å²) in [6, 6.07) is 2.80. The lowest BCUT2D eigenvalue weighted by Gasteiger charge is -2.35. The lowest BCUT2D eigenvalue weighted by molar-refractivity contribution is 0.0412. The minimum atomic E-state index is -1.16. The molecule has 0 aliphatic heterocycles. The highest BCUT2D eigenvalue weighted by Gasteiger charge is 2.33. The van der Waals surface area contributed by atoms with Crippen LogP contribution in [0.1, 0.15) is 65.7 Å². The van der Waals surface area contributed by atoms with Crippen LogP contribution in [0.4, 0.5) is 4.79 Å². The van der Waals surface area contributed by atoms with Gasteiger partial charge in [-0.05, 0) is 58.1 Å². The van der Waals surface area contributed by atoms with Gasteiger partial charge in [0, 0.05) is 33.2 Å². The lowest BCUT2D eigenvalue weighted by atomic mass is 9.88. The van der Waals surface area contributed by atoms with Crippen LogP contribution in [0.15, 0.2) is 18.6 Å². The second-order valence-electron chi connectivity index (χ2n) is 13.9. The molecule has 3 aromatic heterocycles. The fourth-order valence-electron chi connectivity index (χ4n) is 5.16. The van der Waals surface area contributed by atoms with Gasteiger partial charge in [-0.25, -0.2) is 19.4 Å². The van der Waals surface area contributed by atoms with E-state index in [1.165, 1.54) is 0 Å². The summed E-state index contributed by atoms with van der Waals surface area (Å²) in [5, 5.41) is 18.4. The fourth-order valence-corrected chi connectivity index (χ4v) is 5.92. The minimum Gasteiger partial charge on any atom is -0.444 e. The van der Waals surface area contributed by atoms with E-state index in [9.17, 15) is 9.90 Å². The standard InChI is InChI=1S/C29H47N7O4Si/c1-19(2)11-26-33-24-16-30-23(27-31-17-35(34-27)18-39-9-10-41(6,7)8)15-25(24)36(26)21-12-20(13-22(37)14-21)32-28(38)40-29(3,4)5/h15-17,19-22,37H,9-14,18H2,1-8H3,(H,32,38). The molecule has 12 heteroatoms. The molecule has 1 amide bonds. The number of aromatic nitrogens is 6. The molecule has 3 aromatic rings. The smallest absolute Gasteiger partial charge is 0.407 e. The second-order valence-corrected chi connectivity index (χ2v) is 19.5. The van der Waals surface area contributed by atoms with Crippen molar-refractivity contribution in [2.24, 2.45) is 5.92 Å². The first-order valence-corrected chi connectivity index (χ1v) is 18.4. The number of carbonyl (C=O) groups is 1. The van der Waals surface area contributed by atoms with Crippen molar-refractivity contribution in [1.29, 1.82) is 0 Å². The fraction of sp³-hybridized carbons (Fsp3) is 0.690. The van der Waals surface area contributed by atoms with Crippen molar-refractivity contribution in [2.75, 3.05) is 6.61 Å². The zero-order valence-electron chi connectivity index (χ0n) is 25.8. The molecule has 0 spiro atoms. The number of alkyl carbamates (subject to hydrolysis) is 1. The molecule has 2 N–H and O–H groups in total. The van der Waals surface area contributed by atoms with Gasteiger partial charge in [-0.3, -0.25) is 4.98 Å². The Bertz CT molecular complexity index is 1320. The molecule has 4 rings (SSSR count). The first-order valence-electron chi connectivity index (χ1n) is 14.7. The Kier molecular flexibility index (Phi) is 9.55. The van der Waals surface area contributed by atoms with E-state index in [4.69, 9.17) is 14.5 Å². The van der Waals surface area contributed by atoms with Gasteiger partial charge in [0.05, 0.1) is 17.8 Å². The quantitative estimate of drug-likeness (QED) is 0.246. The van der Waals surface area contributed by atoms with Gasteiger partial charge in [0.1, 0.15) is 35.7 Å². The Hall–Kier alpha value is -2.83. The van der Waals surface area contributed by atoms with Crippen molar-refractivity contribution < 1.29 is 19.4 Å². The van der Waals surface area contributed by atoms with Crippen molar-refractivity contribution in [3.8, 4) is 11.5 Å². The molecule has 3 heterocycles. The van der Waals surface area contributed by atoms with Crippen molar-refractivity contribution >= 4 is 25.2 Å². The molecule has 1 saturated carbocycles. The first-order chi connectivity index (χ1) is 19.2. The Morgan fingerprint density at radius 1 is 1.20 bits per heavy atom. The summed E-state index contributed by atoms with van der Waals surface area (Å²) in [4.78, 5) is 26.6. The monoisotopic (exact) mass is 585 g/mol. The maximum absolute atomic E-state index is 12.5. The molecular weight excluding hydrogens is 538 g/mol. The number of aliphatic hydroxyl groups excluding tert-OH is 1. The molecule has 1 aliphatic rings. The zero-order chi connectivity index (χ0) is 29.9. The first kappa shape index (κ1) is 31.1. The van der Waals surface area contributed by atoms with Crippen LogP contribution < -0.4 is 5.32 Å². The highest BCUT2D eigenvalue weighted by molar-refractivity contribution is 6.76. The molecule has 1 aliphatic carbocycles. The van der Waals surface area contributed by atoms with Crippen LogP contribution in [0.5, 0.6) is 0 Å². The molecule has 1 fully saturated rings. The van der Waals surface area contributed by atoms with Gasteiger partial charge in [0.15, 0.2) is 5.82 Å². The van der Waals surface area contributed by atoms with E-state index in [0.717, 1.165) is 29.3 Å². The topological polar surface area (TPSA) is 129 Å². The number of nitrogens with zero attached hydrogens (tertiary/aromatic N) is 6. The van der Waals surface area contributed by atoms with E-state index in [2.05, 4.69) is 58.4 Å². The van der Waals surface area contributed by atoms with Crippen LogP contribution in [-0.4, -0.2) is 72.9 Å². The predicted molar refractivity (Wildman–Crippen MR) is 161 cm³/mol. The van der Waals surface area contributed by atoms with Crippen LogP contribution in [0, 0.1) is 5.92 Å². The van der Waals surface area contributed by atoms with Gasteiger partial charge < -0.3 is 24.5 Å². The summed E-state index contributed by atoms with van der Waals surface area (Å²) in [5.74, 6) is 1.85. The molecular formula is C29H47N7O4Si.